The van der Waals surface area contributed by atoms with Crippen LogP contribution in [0.25, 0.3) is 0 Å². The molecule has 2 N–H and O–H groups in total. The van der Waals surface area contributed by atoms with Gasteiger partial charge in [0.1, 0.15) is 12.4 Å². The zero-order chi connectivity index (χ0) is 19.2. The fraction of sp³-hybridized carbons (Fsp3) is 0.167. The Morgan fingerprint density at radius 2 is 2.11 bits per heavy atom. The summed E-state index contributed by atoms with van der Waals surface area (Å²) in [5.41, 5.74) is 0.625. The molecule has 1 aromatic carbocycles. The van der Waals surface area contributed by atoms with Crippen LogP contribution < -0.4 is 10.1 Å². The Morgan fingerprint density at radius 3 is 2.81 bits per heavy atom. The summed E-state index contributed by atoms with van der Waals surface area (Å²) in [5.74, 6) is -2.25. The molecule has 0 aliphatic rings. The summed E-state index contributed by atoms with van der Waals surface area (Å²) in [4.78, 5) is 16.2. The van der Waals surface area contributed by atoms with Crippen molar-refractivity contribution in [2.45, 2.75) is 12.6 Å². The third-order valence-electron chi connectivity index (χ3n) is 3.64. The van der Waals surface area contributed by atoms with E-state index in [-0.39, 0.29) is 30.4 Å². The van der Waals surface area contributed by atoms with Crippen LogP contribution in [-0.2, 0) is 6.61 Å². The second-order valence-electron chi connectivity index (χ2n) is 5.54. The van der Waals surface area contributed by atoms with Gasteiger partial charge in [-0.15, -0.1) is 0 Å². The highest BCUT2D eigenvalue weighted by Crippen LogP contribution is 2.17. The van der Waals surface area contributed by atoms with Crippen molar-refractivity contribution >= 4 is 5.91 Å². The molecule has 27 heavy (non-hydrogen) atoms. The molecule has 7 nitrogen and oxygen atoms in total. The smallest absolute Gasteiger partial charge is 0.274 e. The summed E-state index contributed by atoms with van der Waals surface area (Å²) in [7, 11) is 0. The molecule has 140 valence electrons. The minimum Gasteiger partial charge on any atom is -0.485 e. The second kappa shape index (κ2) is 8.37. The largest absolute Gasteiger partial charge is 0.485 e. The molecule has 2 heterocycles. The average molecular weight is 375 g/mol. The number of hydrogen-bond acceptors (Lipinski definition) is 6. The number of rotatable bonds is 7. The van der Waals surface area contributed by atoms with Crippen molar-refractivity contribution in [2.75, 3.05) is 6.61 Å². The molecular formula is C18H15F2N3O4. The number of benzene rings is 1. The fourth-order valence-corrected chi connectivity index (χ4v) is 2.26. The van der Waals surface area contributed by atoms with Gasteiger partial charge in [0.15, 0.2) is 23.1 Å². The number of ether oxygens (including phenoxy) is 1. The number of aliphatic hydroxyl groups excluding tert-OH is 1. The Hall–Kier alpha value is -3.33. The van der Waals surface area contributed by atoms with Gasteiger partial charge in [-0.1, -0.05) is 11.2 Å². The van der Waals surface area contributed by atoms with Crippen molar-refractivity contribution in [1.29, 1.82) is 0 Å². The van der Waals surface area contributed by atoms with E-state index in [2.05, 4.69) is 15.5 Å². The van der Waals surface area contributed by atoms with E-state index in [0.29, 0.717) is 5.56 Å². The van der Waals surface area contributed by atoms with Crippen LogP contribution in [0.1, 0.15) is 27.9 Å². The van der Waals surface area contributed by atoms with Crippen LogP contribution in [0.3, 0.4) is 0 Å². The van der Waals surface area contributed by atoms with Crippen LogP contribution >= 0.6 is 0 Å². The summed E-state index contributed by atoms with van der Waals surface area (Å²) in [6.07, 6.45) is 3.11. The summed E-state index contributed by atoms with van der Waals surface area (Å²) >= 11 is 0. The Morgan fingerprint density at radius 1 is 1.26 bits per heavy atom. The molecule has 0 radical (unpaired) electrons. The quantitative estimate of drug-likeness (QED) is 0.658. The lowest BCUT2D eigenvalue weighted by Gasteiger charge is -2.15. The number of aliphatic hydroxyl groups is 1. The molecule has 0 fully saturated rings. The summed E-state index contributed by atoms with van der Waals surface area (Å²) in [5, 5.41) is 15.7. The van der Waals surface area contributed by atoms with E-state index in [1.165, 1.54) is 18.3 Å². The van der Waals surface area contributed by atoms with Gasteiger partial charge in [-0.05, 0) is 23.8 Å². The Balaban J connectivity index is 1.60. The first-order valence-electron chi connectivity index (χ1n) is 7.92. The minimum absolute atomic E-state index is 0.0128. The molecule has 2 aromatic heterocycles. The number of nitrogens with one attached hydrogen (secondary N) is 1. The van der Waals surface area contributed by atoms with E-state index in [1.807, 2.05) is 0 Å². The monoisotopic (exact) mass is 375 g/mol. The third-order valence-corrected chi connectivity index (χ3v) is 3.64. The van der Waals surface area contributed by atoms with E-state index in [0.717, 1.165) is 12.1 Å². The van der Waals surface area contributed by atoms with Gasteiger partial charge >= 0.3 is 0 Å². The van der Waals surface area contributed by atoms with Crippen molar-refractivity contribution in [3.63, 3.8) is 0 Å². The van der Waals surface area contributed by atoms with Gasteiger partial charge in [-0.3, -0.25) is 9.78 Å². The lowest BCUT2D eigenvalue weighted by Crippen LogP contribution is -2.31. The topological polar surface area (TPSA) is 97.5 Å². The van der Waals surface area contributed by atoms with Crippen LogP contribution in [0, 0.1) is 11.6 Å². The van der Waals surface area contributed by atoms with E-state index in [4.69, 9.17) is 9.26 Å². The summed E-state index contributed by atoms with van der Waals surface area (Å²) in [6, 6.07) is 7.22. The second-order valence-corrected chi connectivity index (χ2v) is 5.54. The van der Waals surface area contributed by atoms with Crippen molar-refractivity contribution in [3.8, 4) is 5.75 Å². The lowest BCUT2D eigenvalue weighted by molar-refractivity contribution is 0.0906. The van der Waals surface area contributed by atoms with Gasteiger partial charge in [-0.25, -0.2) is 8.78 Å². The fourth-order valence-electron chi connectivity index (χ4n) is 2.26. The molecule has 9 heteroatoms. The lowest BCUT2D eigenvalue weighted by atomic mass is 10.1. The maximum absolute atomic E-state index is 13.1. The average Bonchev–Trinajstić information content (AvgIpc) is 3.17. The number of pyridine rings is 1. The molecule has 1 amide bonds. The zero-order valence-corrected chi connectivity index (χ0v) is 13.9. The predicted octanol–water partition coefficient (Wildman–Crippen LogP) is 2.39. The molecule has 3 aromatic rings. The van der Waals surface area contributed by atoms with Crippen molar-refractivity contribution in [2.24, 2.45) is 0 Å². The van der Waals surface area contributed by atoms with E-state index < -0.39 is 23.6 Å². The van der Waals surface area contributed by atoms with Crippen LogP contribution in [0.4, 0.5) is 8.78 Å². The molecule has 0 aliphatic heterocycles. The molecule has 0 spiro atoms. The number of nitrogens with zero attached hydrogens (tertiary/aromatic N) is 2. The maximum atomic E-state index is 13.1. The number of amides is 1. The van der Waals surface area contributed by atoms with Gasteiger partial charge in [-0.2, -0.15) is 0 Å². The van der Waals surface area contributed by atoms with Gasteiger partial charge in [0.2, 0.25) is 0 Å². The number of carbonyl (C=O) groups is 1. The van der Waals surface area contributed by atoms with Gasteiger partial charge in [0.25, 0.3) is 5.91 Å². The molecule has 1 atom stereocenters. The first kappa shape index (κ1) is 18.5. The highest BCUT2D eigenvalue weighted by molar-refractivity contribution is 5.92. The molecule has 0 saturated carbocycles. The SMILES string of the molecule is O=C(N[C@@H](CO)c1cccnc1)c1cc(COc2ccc(F)c(F)c2)on1. The first-order valence-corrected chi connectivity index (χ1v) is 7.92. The minimum atomic E-state index is -1.03. The van der Waals surface area contributed by atoms with Crippen LogP contribution in [0.15, 0.2) is 53.3 Å². The van der Waals surface area contributed by atoms with Crippen molar-refractivity contribution < 1.29 is 27.9 Å². The van der Waals surface area contributed by atoms with E-state index in [9.17, 15) is 18.7 Å². The molecule has 0 aliphatic carbocycles. The highest BCUT2D eigenvalue weighted by Gasteiger charge is 2.18. The van der Waals surface area contributed by atoms with E-state index >= 15 is 0 Å². The number of hydrogen-bond donors (Lipinski definition) is 2. The maximum Gasteiger partial charge on any atom is 0.274 e. The van der Waals surface area contributed by atoms with E-state index in [1.54, 1.807) is 18.3 Å². The molecule has 0 unspecified atom stereocenters. The first-order chi connectivity index (χ1) is 13.1. The molecular weight excluding hydrogens is 360 g/mol. The normalized spacial score (nSPS) is 11.8. The number of carbonyl (C=O) groups excluding carboxylic acids is 1. The Bertz CT molecular complexity index is 918. The zero-order valence-electron chi connectivity index (χ0n) is 13.9. The van der Waals surface area contributed by atoms with Gasteiger partial charge in [0, 0.05) is 24.5 Å². The third kappa shape index (κ3) is 4.64. The highest BCUT2D eigenvalue weighted by atomic mass is 19.2. The van der Waals surface area contributed by atoms with Crippen molar-refractivity contribution in [1.82, 2.24) is 15.5 Å². The Kier molecular flexibility index (Phi) is 5.72. The number of aromatic nitrogens is 2. The summed E-state index contributed by atoms with van der Waals surface area (Å²) in [6.45, 7) is -0.446. The standard InChI is InChI=1S/C18H15F2N3O4/c19-14-4-3-12(6-15(14)20)26-10-13-7-16(23-27-13)18(25)22-17(9-24)11-2-1-5-21-8-11/h1-8,17,24H,9-10H2,(H,22,25)/t17-/m0/s1. The number of halogens is 2. The van der Waals surface area contributed by atoms with Crippen LogP contribution in [0.2, 0.25) is 0 Å². The van der Waals surface area contributed by atoms with Gasteiger partial charge in [0.05, 0.1) is 12.6 Å². The summed E-state index contributed by atoms with van der Waals surface area (Å²) < 4.78 is 36.3. The Labute approximate surface area is 152 Å². The molecule has 3 rings (SSSR count). The van der Waals surface area contributed by atoms with Crippen LogP contribution in [-0.4, -0.2) is 27.8 Å². The van der Waals surface area contributed by atoms with Gasteiger partial charge < -0.3 is 19.7 Å². The van der Waals surface area contributed by atoms with Crippen LogP contribution in [0.5, 0.6) is 5.75 Å². The predicted molar refractivity (Wildman–Crippen MR) is 88.7 cm³/mol. The molecule has 0 bridgehead atoms. The van der Waals surface area contributed by atoms with Crippen molar-refractivity contribution in [3.05, 3.63) is 77.4 Å². The molecule has 0 saturated heterocycles.